The monoisotopic (exact) mass is 340 g/mol. The molecule has 0 atom stereocenters. The fraction of sp³-hybridized carbons (Fsp3) is 0.444. The van der Waals surface area contributed by atoms with Crippen LogP contribution in [0.1, 0.15) is 10.4 Å². The molecule has 20 heavy (non-hydrogen) atoms. The first kappa shape index (κ1) is 15.5. The molecule has 0 saturated heterocycles. The van der Waals surface area contributed by atoms with E-state index in [1.165, 1.54) is 7.11 Å². The van der Waals surface area contributed by atoms with Crippen LogP contribution >= 0.6 is 11.3 Å². The van der Waals surface area contributed by atoms with Crippen molar-refractivity contribution in [2.24, 2.45) is 5.14 Å². The molecule has 2 N–H and O–H groups in total. The lowest BCUT2D eigenvalue weighted by atomic mass is 10.2. The quantitative estimate of drug-likeness (QED) is 0.767. The SMILES string of the molecule is COCCN1CC(=O)c2cc(S(N)(=O)=O)sc2S1(=O)=O. The smallest absolute Gasteiger partial charge is 0.253 e. The molecule has 112 valence electrons. The number of nitrogens with two attached hydrogens (primary N) is 1. The van der Waals surface area contributed by atoms with Crippen molar-refractivity contribution in [3.8, 4) is 0 Å². The molecule has 0 aromatic carbocycles. The van der Waals surface area contributed by atoms with Crippen LogP contribution in [0.2, 0.25) is 0 Å². The first-order chi connectivity index (χ1) is 9.17. The summed E-state index contributed by atoms with van der Waals surface area (Å²) in [6.45, 7) is -0.179. The van der Waals surface area contributed by atoms with E-state index in [-0.39, 0.29) is 33.7 Å². The van der Waals surface area contributed by atoms with Gasteiger partial charge >= 0.3 is 0 Å². The van der Waals surface area contributed by atoms with Crippen LogP contribution in [0.4, 0.5) is 0 Å². The number of hydrogen-bond donors (Lipinski definition) is 1. The topological polar surface area (TPSA) is 124 Å². The first-order valence-corrected chi connectivity index (χ1v) is 9.17. The predicted octanol–water partition coefficient (Wildman–Crippen LogP) is -0.771. The van der Waals surface area contributed by atoms with E-state index in [1.807, 2.05) is 0 Å². The van der Waals surface area contributed by atoms with Crippen molar-refractivity contribution in [1.82, 2.24) is 4.31 Å². The molecular weight excluding hydrogens is 328 g/mol. The van der Waals surface area contributed by atoms with Crippen molar-refractivity contribution >= 4 is 37.2 Å². The number of methoxy groups -OCH3 is 1. The summed E-state index contributed by atoms with van der Waals surface area (Å²) in [5, 5.41) is 4.96. The maximum atomic E-state index is 12.3. The standard InChI is InChI=1S/C9H12N2O6S3/c1-17-3-2-11-5-7(12)6-4-8(19(10,13)14)18-9(6)20(11,15)16/h4H,2-3,5H2,1H3,(H2,10,13,14). The summed E-state index contributed by atoms with van der Waals surface area (Å²) in [6.07, 6.45) is 0. The van der Waals surface area contributed by atoms with Gasteiger partial charge in [0.1, 0.15) is 8.42 Å². The van der Waals surface area contributed by atoms with E-state index in [1.54, 1.807) is 0 Å². The van der Waals surface area contributed by atoms with E-state index >= 15 is 0 Å². The lowest BCUT2D eigenvalue weighted by Gasteiger charge is -2.24. The highest BCUT2D eigenvalue weighted by atomic mass is 32.3. The van der Waals surface area contributed by atoms with Crippen LogP contribution in [-0.2, 0) is 24.8 Å². The van der Waals surface area contributed by atoms with E-state index in [2.05, 4.69) is 0 Å². The Kier molecular flexibility index (Phi) is 4.01. The van der Waals surface area contributed by atoms with Crippen LogP contribution < -0.4 is 5.14 Å². The van der Waals surface area contributed by atoms with Crippen LogP contribution in [0, 0.1) is 0 Å². The second-order valence-electron chi connectivity index (χ2n) is 4.07. The minimum absolute atomic E-state index is 0.0205. The van der Waals surface area contributed by atoms with Gasteiger partial charge in [0.05, 0.1) is 18.7 Å². The molecular formula is C9H12N2O6S3. The predicted molar refractivity (Wildman–Crippen MR) is 70.7 cm³/mol. The minimum Gasteiger partial charge on any atom is -0.383 e. The molecule has 0 saturated carbocycles. The molecule has 1 aliphatic rings. The molecule has 0 fully saturated rings. The number of carbonyl (C=O) groups excluding carboxylic acids is 1. The van der Waals surface area contributed by atoms with Crippen molar-refractivity contribution in [1.29, 1.82) is 0 Å². The summed E-state index contributed by atoms with van der Waals surface area (Å²) in [5.41, 5.74) is -0.118. The Labute approximate surface area is 120 Å². The molecule has 1 aromatic rings. The summed E-state index contributed by atoms with van der Waals surface area (Å²) in [7, 11) is -6.53. The number of primary sulfonamides is 1. The normalized spacial score (nSPS) is 19.0. The third kappa shape index (κ3) is 2.64. The third-order valence-corrected chi connectivity index (χ3v) is 7.61. The van der Waals surface area contributed by atoms with Crippen LogP contribution in [-0.4, -0.2) is 53.7 Å². The van der Waals surface area contributed by atoms with Crippen molar-refractivity contribution in [3.63, 3.8) is 0 Å². The van der Waals surface area contributed by atoms with Crippen molar-refractivity contribution in [2.45, 2.75) is 8.42 Å². The summed E-state index contributed by atoms with van der Waals surface area (Å²) in [4.78, 5) is 11.9. The number of ketones is 1. The van der Waals surface area contributed by atoms with Gasteiger partial charge in [0.25, 0.3) is 10.0 Å². The number of sulfonamides is 2. The van der Waals surface area contributed by atoms with Gasteiger partial charge in [0.2, 0.25) is 10.0 Å². The summed E-state index contributed by atoms with van der Waals surface area (Å²) in [5.74, 6) is -0.461. The summed E-state index contributed by atoms with van der Waals surface area (Å²) in [6, 6.07) is 1.02. The molecule has 0 spiro atoms. The van der Waals surface area contributed by atoms with E-state index in [9.17, 15) is 21.6 Å². The lowest BCUT2D eigenvalue weighted by Crippen LogP contribution is -2.41. The third-order valence-electron chi connectivity index (χ3n) is 2.70. The van der Waals surface area contributed by atoms with Gasteiger partial charge in [-0.3, -0.25) is 4.79 Å². The maximum Gasteiger partial charge on any atom is 0.253 e. The molecule has 8 nitrogen and oxygen atoms in total. The number of fused-ring (bicyclic) bond motifs is 1. The molecule has 0 amide bonds. The number of rotatable bonds is 4. The van der Waals surface area contributed by atoms with Crippen LogP contribution in [0.3, 0.4) is 0 Å². The highest BCUT2D eigenvalue weighted by Crippen LogP contribution is 2.35. The number of carbonyl (C=O) groups is 1. The van der Waals surface area contributed by atoms with Crippen LogP contribution in [0.25, 0.3) is 0 Å². The Morgan fingerprint density at radius 2 is 2.15 bits per heavy atom. The number of Topliss-reactive ketones (excluding diaryl/α,β-unsaturated/α-hetero) is 1. The van der Waals surface area contributed by atoms with Crippen LogP contribution in [0.15, 0.2) is 14.5 Å². The van der Waals surface area contributed by atoms with Gasteiger partial charge < -0.3 is 4.74 Å². The Bertz CT molecular complexity index is 749. The Hall–Kier alpha value is -0.850. The van der Waals surface area contributed by atoms with E-state index < -0.39 is 25.8 Å². The lowest BCUT2D eigenvalue weighted by molar-refractivity contribution is 0.0943. The van der Waals surface area contributed by atoms with E-state index in [4.69, 9.17) is 9.88 Å². The highest BCUT2D eigenvalue weighted by molar-refractivity contribution is 7.94. The van der Waals surface area contributed by atoms with Gasteiger partial charge in [-0.2, -0.15) is 4.31 Å². The van der Waals surface area contributed by atoms with Crippen molar-refractivity contribution in [2.75, 3.05) is 26.8 Å². The van der Waals surface area contributed by atoms with Gasteiger partial charge in [-0.05, 0) is 6.07 Å². The maximum absolute atomic E-state index is 12.3. The molecule has 2 rings (SSSR count). The fourth-order valence-corrected chi connectivity index (χ4v) is 5.81. The largest absolute Gasteiger partial charge is 0.383 e. The number of hydrogen-bond acceptors (Lipinski definition) is 7. The Balaban J connectivity index is 2.54. The zero-order valence-electron chi connectivity index (χ0n) is 10.4. The molecule has 11 heteroatoms. The molecule has 2 heterocycles. The summed E-state index contributed by atoms with van der Waals surface area (Å²) >= 11 is 0.486. The van der Waals surface area contributed by atoms with Gasteiger partial charge in [-0.15, -0.1) is 11.3 Å². The van der Waals surface area contributed by atoms with Gasteiger partial charge in [0.15, 0.2) is 5.78 Å². The number of thiophene rings is 1. The van der Waals surface area contributed by atoms with Gasteiger partial charge in [-0.1, -0.05) is 0 Å². The minimum atomic E-state index is -4.05. The molecule has 0 unspecified atom stereocenters. The zero-order valence-corrected chi connectivity index (χ0v) is 12.8. The van der Waals surface area contributed by atoms with Crippen LogP contribution in [0.5, 0.6) is 0 Å². The molecule has 1 aromatic heterocycles. The van der Waals surface area contributed by atoms with Crippen molar-refractivity contribution in [3.05, 3.63) is 11.6 Å². The average molecular weight is 340 g/mol. The zero-order chi connectivity index (χ0) is 15.1. The second kappa shape index (κ2) is 5.16. The molecule has 0 radical (unpaired) electrons. The van der Waals surface area contributed by atoms with Crippen molar-refractivity contribution < 1.29 is 26.4 Å². The van der Waals surface area contributed by atoms with Gasteiger partial charge in [0, 0.05) is 13.7 Å². The number of nitrogens with zero attached hydrogens (tertiary/aromatic N) is 1. The number of ether oxygens (including phenoxy) is 1. The molecule has 0 bridgehead atoms. The fourth-order valence-electron chi connectivity index (χ4n) is 1.72. The van der Waals surface area contributed by atoms with E-state index in [0.29, 0.717) is 11.3 Å². The Morgan fingerprint density at radius 3 is 2.70 bits per heavy atom. The average Bonchev–Trinajstić information content (AvgIpc) is 2.78. The molecule has 0 aliphatic carbocycles. The second-order valence-corrected chi connectivity index (χ2v) is 9.04. The Morgan fingerprint density at radius 1 is 1.50 bits per heavy atom. The highest BCUT2D eigenvalue weighted by Gasteiger charge is 2.39. The summed E-state index contributed by atoms with van der Waals surface area (Å²) < 4.78 is 52.2. The van der Waals surface area contributed by atoms with Gasteiger partial charge in [-0.25, -0.2) is 22.0 Å². The van der Waals surface area contributed by atoms with E-state index in [0.717, 1.165) is 10.4 Å². The molecule has 1 aliphatic heterocycles. The first-order valence-electron chi connectivity index (χ1n) is 5.37.